The van der Waals surface area contributed by atoms with Crippen molar-refractivity contribution in [2.75, 3.05) is 13.1 Å². The molecular weight excluding hydrogens is 294 g/mol. The summed E-state index contributed by atoms with van der Waals surface area (Å²) in [6, 6.07) is 5.79. The number of amides is 1. The molecular formula is C13H20BrN3O. The Kier molecular flexibility index (Phi) is 6.90. The predicted molar refractivity (Wildman–Crippen MR) is 76.1 cm³/mol. The monoisotopic (exact) mass is 313 g/mol. The van der Waals surface area contributed by atoms with Gasteiger partial charge in [0.25, 0.3) is 0 Å². The van der Waals surface area contributed by atoms with Gasteiger partial charge in [-0.2, -0.15) is 0 Å². The second-order valence-electron chi connectivity index (χ2n) is 4.58. The van der Waals surface area contributed by atoms with Crippen LogP contribution in [0.1, 0.15) is 26.0 Å². The topological polar surface area (TPSA) is 54.0 Å². The van der Waals surface area contributed by atoms with Gasteiger partial charge in [0.05, 0.1) is 5.69 Å². The van der Waals surface area contributed by atoms with Crippen molar-refractivity contribution in [3.05, 3.63) is 28.5 Å². The van der Waals surface area contributed by atoms with E-state index in [1.807, 2.05) is 18.2 Å². The van der Waals surface area contributed by atoms with Crippen LogP contribution in [0.25, 0.3) is 0 Å². The number of aromatic nitrogens is 1. The van der Waals surface area contributed by atoms with Crippen LogP contribution in [0, 0.1) is 5.92 Å². The predicted octanol–water partition coefficient (Wildman–Crippen LogP) is 2.10. The molecule has 18 heavy (non-hydrogen) atoms. The van der Waals surface area contributed by atoms with Gasteiger partial charge in [0.2, 0.25) is 5.91 Å². The van der Waals surface area contributed by atoms with E-state index in [2.05, 4.69) is 45.4 Å². The van der Waals surface area contributed by atoms with E-state index < -0.39 is 0 Å². The van der Waals surface area contributed by atoms with Gasteiger partial charge in [0, 0.05) is 26.1 Å². The number of nitrogens with one attached hydrogen (secondary N) is 2. The summed E-state index contributed by atoms with van der Waals surface area (Å²) in [6.07, 6.45) is 0.501. The molecule has 0 aliphatic carbocycles. The number of carbonyl (C=O) groups is 1. The third-order valence-corrected chi connectivity index (χ3v) is 2.76. The van der Waals surface area contributed by atoms with Gasteiger partial charge in [-0.25, -0.2) is 4.98 Å². The Labute approximate surface area is 117 Å². The number of carbonyl (C=O) groups excluding carboxylic acids is 1. The third kappa shape index (κ3) is 6.71. The number of halogens is 1. The highest BCUT2D eigenvalue weighted by Gasteiger charge is 2.02. The van der Waals surface area contributed by atoms with E-state index in [1.165, 1.54) is 0 Å². The molecule has 0 spiro atoms. The van der Waals surface area contributed by atoms with Gasteiger partial charge in [0.1, 0.15) is 4.60 Å². The summed E-state index contributed by atoms with van der Waals surface area (Å²) in [5.74, 6) is 0.589. The summed E-state index contributed by atoms with van der Waals surface area (Å²) in [5.41, 5.74) is 0.965. The zero-order valence-corrected chi connectivity index (χ0v) is 12.5. The fourth-order valence-electron chi connectivity index (χ4n) is 1.37. The minimum atomic E-state index is 0.0957. The summed E-state index contributed by atoms with van der Waals surface area (Å²) in [6.45, 7) is 6.25. The van der Waals surface area contributed by atoms with Crippen molar-refractivity contribution < 1.29 is 4.79 Å². The maximum atomic E-state index is 11.4. The number of rotatable bonds is 7. The third-order valence-electron chi connectivity index (χ3n) is 2.32. The molecule has 0 bridgehead atoms. The minimum absolute atomic E-state index is 0.0957. The van der Waals surface area contributed by atoms with E-state index in [1.54, 1.807) is 0 Å². The zero-order chi connectivity index (χ0) is 13.4. The molecule has 0 aliphatic heterocycles. The van der Waals surface area contributed by atoms with Gasteiger partial charge in [0.15, 0.2) is 0 Å². The Morgan fingerprint density at radius 1 is 1.44 bits per heavy atom. The normalized spacial score (nSPS) is 10.7. The van der Waals surface area contributed by atoms with Crippen molar-refractivity contribution in [2.45, 2.75) is 26.8 Å². The molecule has 0 radical (unpaired) electrons. The van der Waals surface area contributed by atoms with Gasteiger partial charge >= 0.3 is 0 Å². The highest BCUT2D eigenvalue weighted by atomic mass is 79.9. The smallest absolute Gasteiger partial charge is 0.221 e. The molecule has 0 fully saturated rings. The van der Waals surface area contributed by atoms with Crippen molar-refractivity contribution in [3.63, 3.8) is 0 Å². The molecule has 0 aliphatic rings. The molecule has 1 aromatic heterocycles. The first-order valence-corrected chi connectivity index (χ1v) is 6.96. The number of hydrogen-bond acceptors (Lipinski definition) is 3. The highest BCUT2D eigenvalue weighted by molar-refractivity contribution is 9.10. The maximum absolute atomic E-state index is 11.4. The van der Waals surface area contributed by atoms with E-state index in [4.69, 9.17) is 0 Å². The molecule has 1 amide bonds. The van der Waals surface area contributed by atoms with Gasteiger partial charge in [-0.15, -0.1) is 0 Å². The lowest BCUT2D eigenvalue weighted by Gasteiger charge is -2.08. The lowest BCUT2D eigenvalue weighted by atomic mass is 10.2. The van der Waals surface area contributed by atoms with Crippen LogP contribution in [0.5, 0.6) is 0 Å². The zero-order valence-electron chi connectivity index (χ0n) is 10.9. The molecule has 100 valence electrons. The largest absolute Gasteiger partial charge is 0.356 e. The second kappa shape index (κ2) is 8.21. The Morgan fingerprint density at radius 2 is 2.22 bits per heavy atom. The van der Waals surface area contributed by atoms with E-state index in [-0.39, 0.29) is 5.91 Å². The van der Waals surface area contributed by atoms with Gasteiger partial charge in [-0.3, -0.25) is 4.79 Å². The molecule has 0 atom stereocenters. The number of pyridine rings is 1. The van der Waals surface area contributed by atoms with Crippen LogP contribution in [0.15, 0.2) is 22.8 Å². The fraction of sp³-hybridized carbons (Fsp3) is 0.538. The van der Waals surface area contributed by atoms with Crippen LogP contribution in [-0.4, -0.2) is 24.0 Å². The first kappa shape index (κ1) is 15.1. The van der Waals surface area contributed by atoms with Crippen LogP contribution in [0.3, 0.4) is 0 Å². The Bertz CT molecular complexity index is 382. The van der Waals surface area contributed by atoms with Gasteiger partial charge in [-0.05, 0) is 34.0 Å². The standard InChI is InChI=1S/C13H20BrN3O/c1-10(2)8-16-13(18)6-7-15-9-11-4-3-5-12(14)17-11/h3-5,10,15H,6-9H2,1-2H3,(H,16,18). The summed E-state index contributed by atoms with van der Waals surface area (Å²) in [4.78, 5) is 15.7. The van der Waals surface area contributed by atoms with E-state index in [9.17, 15) is 4.79 Å². The number of nitrogens with zero attached hydrogens (tertiary/aromatic N) is 1. The fourth-order valence-corrected chi connectivity index (χ4v) is 1.75. The molecule has 1 heterocycles. The lowest BCUT2D eigenvalue weighted by molar-refractivity contribution is -0.121. The van der Waals surface area contributed by atoms with Crippen molar-refractivity contribution in [1.82, 2.24) is 15.6 Å². The van der Waals surface area contributed by atoms with E-state index in [0.29, 0.717) is 25.4 Å². The summed E-state index contributed by atoms with van der Waals surface area (Å²) in [7, 11) is 0. The highest BCUT2D eigenvalue weighted by Crippen LogP contribution is 2.05. The first-order chi connectivity index (χ1) is 8.58. The molecule has 5 heteroatoms. The van der Waals surface area contributed by atoms with Crippen LogP contribution >= 0.6 is 15.9 Å². The van der Waals surface area contributed by atoms with Crippen LogP contribution < -0.4 is 10.6 Å². The Morgan fingerprint density at radius 3 is 2.89 bits per heavy atom. The van der Waals surface area contributed by atoms with Crippen molar-refractivity contribution >= 4 is 21.8 Å². The second-order valence-corrected chi connectivity index (χ2v) is 5.39. The Balaban J connectivity index is 2.13. The quantitative estimate of drug-likeness (QED) is 0.598. The molecule has 2 N–H and O–H groups in total. The van der Waals surface area contributed by atoms with Crippen LogP contribution in [-0.2, 0) is 11.3 Å². The average Bonchev–Trinajstić information content (AvgIpc) is 2.32. The SMILES string of the molecule is CC(C)CNC(=O)CCNCc1cccc(Br)n1. The first-order valence-electron chi connectivity index (χ1n) is 6.17. The average molecular weight is 314 g/mol. The van der Waals surface area contributed by atoms with Crippen molar-refractivity contribution in [2.24, 2.45) is 5.92 Å². The minimum Gasteiger partial charge on any atom is -0.356 e. The molecule has 0 saturated carbocycles. The van der Waals surface area contributed by atoms with Gasteiger partial charge < -0.3 is 10.6 Å². The summed E-state index contributed by atoms with van der Waals surface area (Å²) < 4.78 is 0.830. The molecule has 1 rings (SSSR count). The lowest BCUT2D eigenvalue weighted by Crippen LogP contribution is -2.30. The number of hydrogen-bond donors (Lipinski definition) is 2. The van der Waals surface area contributed by atoms with E-state index >= 15 is 0 Å². The Hall–Kier alpha value is -0.940. The van der Waals surface area contributed by atoms with Crippen molar-refractivity contribution in [3.8, 4) is 0 Å². The summed E-state index contributed by atoms with van der Waals surface area (Å²) in [5, 5.41) is 6.09. The van der Waals surface area contributed by atoms with Crippen LogP contribution in [0.4, 0.5) is 0 Å². The molecule has 0 aromatic carbocycles. The molecule has 4 nitrogen and oxygen atoms in total. The van der Waals surface area contributed by atoms with Crippen LogP contribution in [0.2, 0.25) is 0 Å². The molecule has 0 saturated heterocycles. The van der Waals surface area contributed by atoms with Crippen molar-refractivity contribution in [1.29, 1.82) is 0 Å². The van der Waals surface area contributed by atoms with E-state index in [0.717, 1.165) is 16.8 Å². The maximum Gasteiger partial charge on any atom is 0.221 e. The molecule has 0 unspecified atom stereocenters. The van der Waals surface area contributed by atoms with Gasteiger partial charge in [-0.1, -0.05) is 19.9 Å². The molecule has 1 aromatic rings. The summed E-state index contributed by atoms with van der Waals surface area (Å²) >= 11 is 3.33.